The molecule has 13 heavy (non-hydrogen) atoms. The molecule has 0 aromatic heterocycles. The molecule has 0 saturated heterocycles. The van der Waals surface area contributed by atoms with Crippen LogP contribution in [0.2, 0.25) is 0 Å². The van der Waals surface area contributed by atoms with E-state index in [1.807, 2.05) is 0 Å². The number of carbonyl (C=O) groups excluding carboxylic acids is 2. The van der Waals surface area contributed by atoms with E-state index in [0.29, 0.717) is 12.8 Å². The van der Waals surface area contributed by atoms with Gasteiger partial charge in [-0.15, -0.1) is 0 Å². The average molecular weight is 187 g/mol. The second-order valence-electron chi connectivity index (χ2n) is 3.25. The van der Waals surface area contributed by atoms with Crippen molar-refractivity contribution < 1.29 is 14.3 Å². The summed E-state index contributed by atoms with van der Waals surface area (Å²) < 4.78 is 4.54. The maximum absolute atomic E-state index is 11.1. The molecule has 0 bridgehead atoms. The molecule has 0 aliphatic heterocycles. The van der Waals surface area contributed by atoms with Gasteiger partial charge in [-0.25, -0.2) is 0 Å². The molecule has 0 aliphatic carbocycles. The Bertz CT molecular complexity index is 189. The van der Waals surface area contributed by atoms with Gasteiger partial charge in [0.2, 0.25) is 5.91 Å². The lowest BCUT2D eigenvalue weighted by Gasteiger charge is -2.12. The van der Waals surface area contributed by atoms with Crippen LogP contribution in [0.4, 0.5) is 0 Å². The maximum Gasteiger partial charge on any atom is 0.308 e. The molecule has 4 heteroatoms. The summed E-state index contributed by atoms with van der Waals surface area (Å²) in [7, 11) is 4.75. The van der Waals surface area contributed by atoms with Gasteiger partial charge in [0.1, 0.15) is 0 Å². The third kappa shape index (κ3) is 4.50. The van der Waals surface area contributed by atoms with E-state index in [4.69, 9.17) is 0 Å². The molecule has 0 aromatic rings. The minimum atomic E-state index is -0.258. The summed E-state index contributed by atoms with van der Waals surface area (Å²) in [5.74, 6) is -0.420. The Balaban J connectivity index is 3.76. The first kappa shape index (κ1) is 11.9. The topological polar surface area (TPSA) is 46.6 Å². The van der Waals surface area contributed by atoms with Crippen molar-refractivity contribution >= 4 is 11.9 Å². The van der Waals surface area contributed by atoms with Crippen LogP contribution in [0.25, 0.3) is 0 Å². The molecule has 1 atom stereocenters. The molecule has 0 aromatic carbocycles. The maximum atomic E-state index is 11.1. The van der Waals surface area contributed by atoms with E-state index in [2.05, 4.69) is 4.74 Å². The number of carbonyl (C=O) groups is 2. The second-order valence-corrected chi connectivity index (χ2v) is 3.25. The SMILES string of the molecule is COC(=O)C(C)CCC(=O)N(C)C. The fourth-order valence-corrected chi connectivity index (χ4v) is 0.883. The highest BCUT2D eigenvalue weighted by Gasteiger charge is 2.15. The van der Waals surface area contributed by atoms with Crippen LogP contribution in [0.1, 0.15) is 19.8 Å². The third-order valence-electron chi connectivity index (χ3n) is 1.89. The Morgan fingerprint density at radius 3 is 2.31 bits per heavy atom. The summed E-state index contributed by atoms with van der Waals surface area (Å²) in [6.07, 6.45) is 0.937. The zero-order valence-corrected chi connectivity index (χ0v) is 8.66. The first-order valence-electron chi connectivity index (χ1n) is 4.27. The number of methoxy groups -OCH3 is 1. The Morgan fingerprint density at radius 1 is 1.38 bits per heavy atom. The number of rotatable bonds is 4. The molecule has 4 nitrogen and oxygen atoms in total. The van der Waals surface area contributed by atoms with Crippen molar-refractivity contribution in [2.24, 2.45) is 5.92 Å². The van der Waals surface area contributed by atoms with Gasteiger partial charge in [0.05, 0.1) is 13.0 Å². The number of nitrogens with zero attached hydrogens (tertiary/aromatic N) is 1. The van der Waals surface area contributed by atoms with Gasteiger partial charge in [-0.1, -0.05) is 6.92 Å². The van der Waals surface area contributed by atoms with Crippen LogP contribution in [0, 0.1) is 5.92 Å². The average Bonchev–Trinajstić information content (AvgIpc) is 2.11. The molecular formula is C9H17NO3. The van der Waals surface area contributed by atoms with Crippen LogP contribution < -0.4 is 0 Å². The molecule has 0 rings (SSSR count). The van der Waals surface area contributed by atoms with Gasteiger partial charge in [0, 0.05) is 20.5 Å². The predicted octanol–water partition coefficient (Wildman–Crippen LogP) is 0.664. The van der Waals surface area contributed by atoms with Gasteiger partial charge >= 0.3 is 5.97 Å². The van der Waals surface area contributed by atoms with E-state index in [0.717, 1.165) is 0 Å². The van der Waals surface area contributed by atoms with Gasteiger partial charge in [-0.05, 0) is 6.42 Å². The highest BCUT2D eigenvalue weighted by Crippen LogP contribution is 2.07. The third-order valence-corrected chi connectivity index (χ3v) is 1.89. The van der Waals surface area contributed by atoms with Crippen LogP contribution in [0.15, 0.2) is 0 Å². The first-order chi connectivity index (χ1) is 5.99. The van der Waals surface area contributed by atoms with Crippen LogP contribution in [-0.4, -0.2) is 38.0 Å². The van der Waals surface area contributed by atoms with Crippen molar-refractivity contribution in [1.29, 1.82) is 0 Å². The Labute approximate surface area is 78.9 Å². The molecule has 0 spiro atoms. The number of esters is 1. The Kier molecular flexibility index (Phi) is 5.11. The molecule has 76 valence electrons. The smallest absolute Gasteiger partial charge is 0.308 e. The van der Waals surface area contributed by atoms with Gasteiger partial charge in [0.25, 0.3) is 0 Å². The van der Waals surface area contributed by atoms with E-state index >= 15 is 0 Å². The van der Waals surface area contributed by atoms with Crippen LogP contribution >= 0.6 is 0 Å². The van der Waals surface area contributed by atoms with Gasteiger partial charge in [-0.2, -0.15) is 0 Å². The highest BCUT2D eigenvalue weighted by atomic mass is 16.5. The number of hydrogen-bond donors (Lipinski definition) is 0. The van der Waals surface area contributed by atoms with Crippen molar-refractivity contribution in [3.05, 3.63) is 0 Å². The van der Waals surface area contributed by atoms with Gasteiger partial charge in [0.15, 0.2) is 0 Å². The van der Waals surface area contributed by atoms with E-state index in [1.165, 1.54) is 12.0 Å². The normalized spacial score (nSPS) is 12.0. The van der Waals surface area contributed by atoms with E-state index in [9.17, 15) is 9.59 Å². The molecule has 1 amide bonds. The Hall–Kier alpha value is -1.06. The standard InChI is InChI=1S/C9H17NO3/c1-7(9(12)13-4)5-6-8(11)10(2)3/h7H,5-6H2,1-4H3. The Morgan fingerprint density at radius 2 is 1.92 bits per heavy atom. The predicted molar refractivity (Wildman–Crippen MR) is 49.1 cm³/mol. The van der Waals surface area contributed by atoms with Crippen LogP contribution in [0.3, 0.4) is 0 Å². The summed E-state index contributed by atoms with van der Waals surface area (Å²) in [5.41, 5.74) is 0. The molecule has 0 radical (unpaired) electrons. The largest absolute Gasteiger partial charge is 0.469 e. The van der Waals surface area contributed by atoms with E-state index < -0.39 is 0 Å². The fraction of sp³-hybridized carbons (Fsp3) is 0.778. The van der Waals surface area contributed by atoms with Crippen LogP contribution in [0.5, 0.6) is 0 Å². The fourth-order valence-electron chi connectivity index (χ4n) is 0.883. The summed E-state index contributed by atoms with van der Waals surface area (Å²) >= 11 is 0. The molecule has 0 heterocycles. The lowest BCUT2D eigenvalue weighted by molar-refractivity contribution is -0.145. The minimum absolute atomic E-state index is 0.0377. The molecule has 1 unspecified atom stereocenters. The van der Waals surface area contributed by atoms with E-state index in [-0.39, 0.29) is 17.8 Å². The molecule has 0 saturated carbocycles. The summed E-state index contributed by atoms with van der Waals surface area (Å²) in [6, 6.07) is 0. The lowest BCUT2D eigenvalue weighted by Crippen LogP contribution is -2.23. The second kappa shape index (κ2) is 5.56. The van der Waals surface area contributed by atoms with Gasteiger partial charge < -0.3 is 9.64 Å². The highest BCUT2D eigenvalue weighted by molar-refractivity contribution is 5.77. The van der Waals surface area contributed by atoms with E-state index in [1.54, 1.807) is 21.0 Å². The molecule has 0 N–H and O–H groups in total. The zero-order valence-electron chi connectivity index (χ0n) is 8.66. The zero-order chi connectivity index (χ0) is 10.4. The van der Waals surface area contributed by atoms with Gasteiger partial charge in [-0.3, -0.25) is 9.59 Å². The van der Waals surface area contributed by atoms with Crippen molar-refractivity contribution in [1.82, 2.24) is 4.90 Å². The minimum Gasteiger partial charge on any atom is -0.469 e. The number of ether oxygens (including phenoxy) is 1. The quantitative estimate of drug-likeness (QED) is 0.607. The van der Waals surface area contributed by atoms with Crippen molar-refractivity contribution in [2.45, 2.75) is 19.8 Å². The lowest BCUT2D eigenvalue weighted by atomic mass is 10.1. The monoisotopic (exact) mass is 187 g/mol. The molecule has 0 aliphatic rings. The summed E-state index contributed by atoms with van der Waals surface area (Å²) in [6.45, 7) is 1.76. The van der Waals surface area contributed by atoms with Crippen molar-refractivity contribution in [3.8, 4) is 0 Å². The van der Waals surface area contributed by atoms with Crippen molar-refractivity contribution in [2.75, 3.05) is 21.2 Å². The number of hydrogen-bond acceptors (Lipinski definition) is 3. The molecular weight excluding hydrogens is 170 g/mol. The van der Waals surface area contributed by atoms with Crippen LogP contribution in [-0.2, 0) is 14.3 Å². The summed E-state index contributed by atoms with van der Waals surface area (Å²) in [5, 5.41) is 0. The number of amides is 1. The van der Waals surface area contributed by atoms with Crippen molar-refractivity contribution in [3.63, 3.8) is 0 Å². The summed E-state index contributed by atoms with van der Waals surface area (Å²) in [4.78, 5) is 23.6. The molecule has 0 fully saturated rings. The first-order valence-corrected chi connectivity index (χ1v) is 4.27.